The highest BCUT2D eigenvalue weighted by molar-refractivity contribution is 7.90. The summed E-state index contributed by atoms with van der Waals surface area (Å²) in [6.07, 6.45) is 7.90. The Labute approximate surface area is 208 Å². The van der Waals surface area contributed by atoms with E-state index in [9.17, 15) is 23.4 Å². The molecule has 10 atom stereocenters. The fourth-order valence-electron chi connectivity index (χ4n) is 8.93. The fourth-order valence-corrected chi connectivity index (χ4v) is 9.41. The van der Waals surface area contributed by atoms with E-state index in [2.05, 4.69) is 26.1 Å². The number of aliphatic hydroxyl groups is 2. The number of hydrogen-bond donors (Lipinski definition) is 3. The van der Waals surface area contributed by atoms with Crippen LogP contribution < -0.4 is 5.32 Å². The van der Waals surface area contributed by atoms with Gasteiger partial charge in [-0.2, -0.15) is 0 Å². The van der Waals surface area contributed by atoms with Crippen LogP contribution in [0, 0.1) is 46.3 Å². The average Bonchev–Trinajstić information content (AvgIpc) is 3.09. The van der Waals surface area contributed by atoms with E-state index in [1.54, 1.807) is 0 Å². The second-order valence-corrected chi connectivity index (χ2v) is 15.0. The van der Waals surface area contributed by atoms with Gasteiger partial charge in [-0.25, -0.2) is 8.42 Å². The Morgan fingerprint density at radius 3 is 2.47 bits per heavy atom. The minimum absolute atomic E-state index is 0.0192. The highest BCUT2D eigenvalue weighted by Gasteiger charge is 2.62. The summed E-state index contributed by atoms with van der Waals surface area (Å²) in [5, 5.41) is 24.5. The van der Waals surface area contributed by atoms with Gasteiger partial charge in [0, 0.05) is 19.2 Å². The van der Waals surface area contributed by atoms with E-state index in [1.165, 1.54) is 6.26 Å². The highest BCUT2D eigenvalue weighted by atomic mass is 32.2. The molecule has 4 aliphatic rings. The van der Waals surface area contributed by atoms with Gasteiger partial charge in [0.05, 0.1) is 19.3 Å². The van der Waals surface area contributed by atoms with Crippen LogP contribution >= 0.6 is 0 Å². The van der Waals surface area contributed by atoms with E-state index in [0.717, 1.165) is 51.4 Å². The first-order chi connectivity index (χ1) is 16.2. The second kappa shape index (κ2) is 9.66. The molecule has 4 unspecified atom stereocenters. The zero-order chi connectivity index (χ0) is 25.8. The molecule has 0 aliphatic heterocycles. The van der Waals surface area contributed by atoms with E-state index in [4.69, 9.17) is 1.37 Å². The van der Waals surface area contributed by atoms with Crippen LogP contribution in [0.15, 0.2) is 0 Å². The van der Waals surface area contributed by atoms with Crippen molar-refractivity contribution >= 4 is 15.7 Å². The van der Waals surface area contributed by atoms with E-state index in [1.807, 2.05) is 0 Å². The number of carbonyl (C=O) groups excluding carboxylic acids is 1. The van der Waals surface area contributed by atoms with Crippen LogP contribution in [-0.4, -0.2) is 55.3 Å². The molecule has 196 valence electrons. The van der Waals surface area contributed by atoms with Gasteiger partial charge in [0.1, 0.15) is 9.84 Å². The lowest BCUT2D eigenvalue weighted by molar-refractivity contribution is -0.174. The lowest BCUT2D eigenvalue weighted by Gasteiger charge is -2.62. The van der Waals surface area contributed by atoms with Crippen molar-refractivity contribution in [1.29, 1.82) is 0 Å². The zero-order valence-electron chi connectivity index (χ0n) is 22.6. The molecule has 4 rings (SSSR count). The largest absolute Gasteiger partial charge is 0.393 e. The number of carbonyl (C=O) groups is 1. The zero-order valence-corrected chi connectivity index (χ0v) is 22.4. The van der Waals surface area contributed by atoms with Gasteiger partial charge >= 0.3 is 0 Å². The van der Waals surface area contributed by atoms with E-state index in [-0.39, 0.29) is 47.0 Å². The van der Waals surface area contributed by atoms with Crippen LogP contribution in [0.2, 0.25) is 0 Å². The number of aliphatic hydroxyl groups excluding tert-OH is 1. The number of rotatable bonds is 7. The smallest absolute Gasteiger partial charge is 0.220 e. The van der Waals surface area contributed by atoms with Crippen molar-refractivity contribution < 1.29 is 24.8 Å². The summed E-state index contributed by atoms with van der Waals surface area (Å²) in [7, 11) is -3.08. The van der Waals surface area contributed by atoms with Gasteiger partial charge in [-0.05, 0) is 104 Å². The first kappa shape index (κ1) is 25.0. The molecule has 3 N–H and O–H groups in total. The Morgan fingerprint density at radius 2 is 1.76 bits per heavy atom. The molecule has 0 aromatic heterocycles. The molecular formula is C27H47NO5S. The molecular weight excluding hydrogens is 450 g/mol. The maximum Gasteiger partial charge on any atom is 0.220 e. The Balaban J connectivity index is 1.43. The molecule has 4 aliphatic carbocycles. The molecule has 4 saturated carbocycles. The van der Waals surface area contributed by atoms with Gasteiger partial charge in [0.25, 0.3) is 0 Å². The van der Waals surface area contributed by atoms with E-state index >= 15 is 0 Å². The van der Waals surface area contributed by atoms with E-state index < -0.39 is 15.9 Å². The number of nitrogens with one attached hydrogen (secondary N) is 1. The number of hydrogen-bond acceptors (Lipinski definition) is 5. The van der Waals surface area contributed by atoms with Gasteiger partial charge in [-0.1, -0.05) is 20.8 Å². The summed E-state index contributed by atoms with van der Waals surface area (Å²) >= 11 is 0. The third-order valence-corrected chi connectivity index (χ3v) is 11.8. The molecule has 0 heterocycles. The van der Waals surface area contributed by atoms with Crippen molar-refractivity contribution in [2.75, 3.05) is 18.6 Å². The van der Waals surface area contributed by atoms with Crippen LogP contribution in [0.25, 0.3) is 0 Å². The van der Waals surface area contributed by atoms with Crippen molar-refractivity contribution in [3.8, 4) is 0 Å². The first-order valence-electron chi connectivity index (χ1n) is 14.0. The maximum absolute atomic E-state index is 12.3. The van der Waals surface area contributed by atoms with Crippen molar-refractivity contribution in [3.05, 3.63) is 0 Å². The topological polar surface area (TPSA) is 104 Å². The molecule has 0 saturated heterocycles. The van der Waals surface area contributed by atoms with Crippen LogP contribution in [0.1, 0.15) is 86.4 Å². The molecule has 7 heteroatoms. The Bertz CT molecular complexity index is 909. The third-order valence-electron chi connectivity index (χ3n) is 10.8. The molecule has 0 spiro atoms. The predicted octanol–water partition coefficient (Wildman–Crippen LogP) is 3.55. The van der Waals surface area contributed by atoms with Gasteiger partial charge in [-0.15, -0.1) is 0 Å². The second-order valence-electron chi connectivity index (χ2n) is 12.8. The number of sulfone groups is 1. The maximum atomic E-state index is 12.3. The third kappa shape index (κ3) is 4.95. The lowest BCUT2D eigenvalue weighted by Crippen LogP contribution is -2.58. The molecule has 0 aromatic carbocycles. The van der Waals surface area contributed by atoms with Crippen LogP contribution in [-0.2, 0) is 14.6 Å². The Morgan fingerprint density at radius 1 is 1.09 bits per heavy atom. The minimum Gasteiger partial charge on any atom is -0.393 e. The number of amides is 1. The lowest BCUT2D eigenvalue weighted by atomic mass is 9.43. The average molecular weight is 499 g/mol. The summed E-state index contributed by atoms with van der Waals surface area (Å²) < 4.78 is 31.6. The molecule has 0 radical (unpaired) electrons. The quantitative estimate of drug-likeness (QED) is 0.498. The molecule has 6 nitrogen and oxygen atoms in total. The normalized spacial score (nSPS) is 47.6. The van der Waals surface area contributed by atoms with Crippen molar-refractivity contribution in [3.63, 3.8) is 0 Å². The molecule has 34 heavy (non-hydrogen) atoms. The van der Waals surface area contributed by atoms with Crippen molar-refractivity contribution in [1.82, 2.24) is 5.32 Å². The monoisotopic (exact) mass is 498 g/mol. The SMILES string of the molecule is [2H][C@@]1(O)C[C@@H]2CC(O)CC[C@]2(C)[C@H]2CC[C@]3(C)C(C(C)CCC(=O)NCCS(C)(=O)=O)CCC3[C@@H]21. The number of fused-ring (bicyclic) bond motifs is 5. The van der Waals surface area contributed by atoms with Crippen LogP contribution in [0.4, 0.5) is 0 Å². The summed E-state index contributed by atoms with van der Waals surface area (Å²) in [6.45, 7) is 7.15. The summed E-state index contributed by atoms with van der Waals surface area (Å²) in [4.78, 5) is 12.3. The minimum atomic E-state index is -3.08. The van der Waals surface area contributed by atoms with Gasteiger partial charge in [0.2, 0.25) is 5.91 Å². The van der Waals surface area contributed by atoms with Crippen LogP contribution in [0.5, 0.6) is 0 Å². The molecule has 0 aromatic rings. The predicted molar refractivity (Wildman–Crippen MR) is 134 cm³/mol. The standard InChI is InChI=1S/C27H47NO5S/c1-17(5-8-24(31)28-13-14-34(4,32)33)20-6-7-21-25-22(10-12-27(20,21)3)26(2)11-9-19(29)15-18(26)16-23(25)30/h17-23,25,29-30H,5-16H2,1-4H3,(H,28,31)/t17?,18-,19?,20?,21?,22-,23+,25-,26-,27+/m0/s1/i23D. The van der Waals surface area contributed by atoms with E-state index in [0.29, 0.717) is 36.5 Å². The Kier molecular flexibility index (Phi) is 7.11. The van der Waals surface area contributed by atoms with Crippen molar-refractivity contribution in [2.45, 2.75) is 97.2 Å². The first-order valence-corrected chi connectivity index (χ1v) is 15.6. The van der Waals surface area contributed by atoms with Gasteiger partial charge in [0.15, 0.2) is 0 Å². The fraction of sp³-hybridized carbons (Fsp3) is 0.963. The van der Waals surface area contributed by atoms with Gasteiger partial charge < -0.3 is 15.5 Å². The van der Waals surface area contributed by atoms with Crippen LogP contribution in [0.3, 0.4) is 0 Å². The Hall–Kier alpha value is -0.660. The highest BCUT2D eigenvalue weighted by Crippen LogP contribution is 2.68. The molecule has 1 amide bonds. The summed E-state index contributed by atoms with van der Waals surface area (Å²) in [5.41, 5.74) is 0.173. The summed E-state index contributed by atoms with van der Waals surface area (Å²) in [6, 6.07) is 0. The van der Waals surface area contributed by atoms with Gasteiger partial charge in [-0.3, -0.25) is 4.79 Å². The summed E-state index contributed by atoms with van der Waals surface area (Å²) in [5.74, 6) is 1.56. The van der Waals surface area contributed by atoms with Crippen molar-refractivity contribution in [2.24, 2.45) is 46.3 Å². The molecule has 4 fully saturated rings. The molecule has 0 bridgehead atoms.